The van der Waals surface area contributed by atoms with E-state index in [1.807, 2.05) is 0 Å². The molecule has 0 amide bonds. The van der Waals surface area contributed by atoms with E-state index in [4.69, 9.17) is 29.5 Å². The molecule has 1 fully saturated rings. The molecule has 0 saturated carbocycles. The molecule has 8 nitrogen and oxygen atoms in total. The zero-order valence-corrected chi connectivity index (χ0v) is 21.6. The molecule has 1 aromatic heterocycles. The molecule has 1 unspecified atom stereocenters. The van der Waals surface area contributed by atoms with Crippen LogP contribution in [0.1, 0.15) is 61.2 Å². The Morgan fingerprint density at radius 3 is 2.24 bits per heavy atom. The van der Waals surface area contributed by atoms with Gasteiger partial charge in [0.2, 0.25) is 0 Å². The maximum absolute atomic E-state index is 9.10. The Labute approximate surface area is 217 Å². The lowest BCUT2D eigenvalue weighted by Gasteiger charge is -2.32. The molecular weight excluding hydrogens is 470 g/mol. The molecular formula is C29H35N3O5. The van der Waals surface area contributed by atoms with Crippen LogP contribution in [0.3, 0.4) is 0 Å². The molecule has 2 aliphatic heterocycles. The van der Waals surface area contributed by atoms with E-state index in [0.717, 1.165) is 50.4 Å². The smallest absolute Gasteiger partial charge is 0.414 e. The highest BCUT2D eigenvalue weighted by atomic mass is 16.5. The van der Waals surface area contributed by atoms with Crippen LogP contribution in [0.15, 0.2) is 54.7 Å². The number of likely N-dealkylation sites (tertiary alicyclic amines) is 1. The first-order valence-corrected chi connectivity index (χ1v) is 12.8. The van der Waals surface area contributed by atoms with Gasteiger partial charge in [0, 0.05) is 31.4 Å². The van der Waals surface area contributed by atoms with Crippen molar-refractivity contribution in [2.24, 2.45) is 0 Å². The SMILES string of the molecule is CC(C)c1ccc(-c2cn3c(n2)C(OC2CCN(C)CC2)c2ccccc2CC3)cc1.O=C(O)C(=O)O. The lowest BCUT2D eigenvalue weighted by molar-refractivity contribution is -0.159. The van der Waals surface area contributed by atoms with E-state index < -0.39 is 11.9 Å². The van der Waals surface area contributed by atoms with Gasteiger partial charge in [-0.3, -0.25) is 0 Å². The van der Waals surface area contributed by atoms with E-state index in [0.29, 0.717) is 5.92 Å². The number of aliphatic carboxylic acids is 2. The van der Waals surface area contributed by atoms with Crippen LogP contribution in [0.4, 0.5) is 0 Å². The van der Waals surface area contributed by atoms with Crippen molar-refractivity contribution in [2.45, 2.75) is 57.8 Å². The fourth-order valence-electron chi connectivity index (χ4n) is 4.84. The average Bonchev–Trinajstić information content (AvgIpc) is 3.26. The third-order valence-electron chi connectivity index (χ3n) is 7.05. The van der Waals surface area contributed by atoms with E-state index >= 15 is 0 Å². The summed E-state index contributed by atoms with van der Waals surface area (Å²) < 4.78 is 9.13. The molecule has 2 N–H and O–H groups in total. The number of aromatic nitrogens is 2. The first-order valence-electron chi connectivity index (χ1n) is 12.8. The van der Waals surface area contributed by atoms with Gasteiger partial charge in [0.25, 0.3) is 0 Å². The number of ether oxygens (including phenoxy) is 1. The average molecular weight is 506 g/mol. The minimum absolute atomic E-state index is 0.101. The van der Waals surface area contributed by atoms with E-state index in [9.17, 15) is 0 Å². The first kappa shape index (κ1) is 26.6. The predicted molar refractivity (Wildman–Crippen MR) is 141 cm³/mol. The van der Waals surface area contributed by atoms with E-state index in [1.54, 1.807) is 0 Å². The first-order chi connectivity index (χ1) is 17.7. The van der Waals surface area contributed by atoms with Gasteiger partial charge in [0.15, 0.2) is 0 Å². The molecule has 3 heterocycles. The summed E-state index contributed by atoms with van der Waals surface area (Å²) in [5, 5.41) is 14.8. The van der Waals surface area contributed by atoms with Crippen molar-refractivity contribution in [1.29, 1.82) is 0 Å². The van der Waals surface area contributed by atoms with Gasteiger partial charge in [-0.25, -0.2) is 14.6 Å². The molecule has 196 valence electrons. The molecule has 0 bridgehead atoms. The van der Waals surface area contributed by atoms with Crippen LogP contribution in [0.25, 0.3) is 11.3 Å². The number of piperidine rings is 1. The molecule has 5 rings (SSSR count). The van der Waals surface area contributed by atoms with Crippen LogP contribution in [0.5, 0.6) is 0 Å². The van der Waals surface area contributed by atoms with Crippen LogP contribution in [-0.4, -0.2) is 62.8 Å². The van der Waals surface area contributed by atoms with Crippen LogP contribution in [0.2, 0.25) is 0 Å². The van der Waals surface area contributed by atoms with Gasteiger partial charge in [-0.05, 0) is 48.9 Å². The van der Waals surface area contributed by atoms with Crippen molar-refractivity contribution in [2.75, 3.05) is 20.1 Å². The van der Waals surface area contributed by atoms with Crippen LogP contribution >= 0.6 is 0 Å². The number of carbonyl (C=O) groups is 2. The fraction of sp³-hybridized carbons (Fsp3) is 0.414. The molecule has 2 aliphatic rings. The Morgan fingerprint density at radius 2 is 1.62 bits per heavy atom. The van der Waals surface area contributed by atoms with Crippen molar-refractivity contribution in [3.05, 3.63) is 77.2 Å². The Kier molecular flexibility index (Phi) is 8.41. The second-order valence-electron chi connectivity index (χ2n) is 10.0. The normalized spacial score (nSPS) is 17.8. The zero-order valence-electron chi connectivity index (χ0n) is 21.6. The topological polar surface area (TPSA) is 105 Å². The van der Waals surface area contributed by atoms with Crippen molar-refractivity contribution in [3.63, 3.8) is 0 Å². The maximum Gasteiger partial charge on any atom is 0.414 e. The van der Waals surface area contributed by atoms with E-state index in [1.165, 1.54) is 22.3 Å². The standard InChI is InChI=1S/C27H33N3O.C2H2O4/c1-19(2)20-8-10-22(11-9-20)25-18-30-17-12-21-6-4-5-7-24(21)26(27(30)28-25)31-23-13-15-29(3)16-14-23;3-1(4)2(5)6/h4-11,18-19,23,26H,12-17H2,1-3H3;(H,3,4)(H,5,6). The van der Waals surface area contributed by atoms with Gasteiger partial charge in [0.05, 0.1) is 11.8 Å². The number of carboxylic acid groups (broad SMARTS) is 2. The quantitative estimate of drug-likeness (QED) is 0.500. The van der Waals surface area contributed by atoms with Crippen molar-refractivity contribution < 1.29 is 24.5 Å². The molecule has 0 spiro atoms. The Hall–Kier alpha value is -3.49. The summed E-state index contributed by atoms with van der Waals surface area (Å²) in [7, 11) is 2.20. The summed E-state index contributed by atoms with van der Waals surface area (Å²) >= 11 is 0. The number of rotatable bonds is 4. The fourth-order valence-corrected chi connectivity index (χ4v) is 4.84. The highest BCUT2D eigenvalue weighted by Gasteiger charge is 2.30. The number of hydrogen-bond donors (Lipinski definition) is 2. The molecule has 1 saturated heterocycles. The van der Waals surface area contributed by atoms with Gasteiger partial charge in [-0.2, -0.15) is 0 Å². The second-order valence-corrected chi connectivity index (χ2v) is 10.0. The third-order valence-corrected chi connectivity index (χ3v) is 7.05. The van der Waals surface area contributed by atoms with E-state index in [2.05, 4.69) is 85.1 Å². The van der Waals surface area contributed by atoms with Crippen LogP contribution < -0.4 is 0 Å². The zero-order chi connectivity index (χ0) is 26.5. The molecule has 2 aromatic carbocycles. The third kappa shape index (κ3) is 6.45. The van der Waals surface area contributed by atoms with Crippen molar-refractivity contribution in [1.82, 2.24) is 14.5 Å². The van der Waals surface area contributed by atoms with Crippen molar-refractivity contribution in [3.8, 4) is 11.3 Å². The van der Waals surface area contributed by atoms with Gasteiger partial charge >= 0.3 is 11.9 Å². The molecule has 8 heteroatoms. The van der Waals surface area contributed by atoms with Crippen molar-refractivity contribution >= 4 is 11.9 Å². The Bertz CT molecular complexity index is 1210. The van der Waals surface area contributed by atoms with Gasteiger partial charge < -0.3 is 24.4 Å². The highest BCUT2D eigenvalue weighted by molar-refractivity contribution is 6.27. The number of benzene rings is 2. The maximum atomic E-state index is 9.10. The minimum Gasteiger partial charge on any atom is -0.473 e. The minimum atomic E-state index is -1.82. The Balaban J connectivity index is 0.000000480. The summed E-state index contributed by atoms with van der Waals surface area (Å²) in [6.07, 6.45) is 5.58. The number of carboxylic acids is 2. The molecule has 3 aromatic rings. The molecule has 0 radical (unpaired) electrons. The van der Waals surface area contributed by atoms with Gasteiger partial charge in [-0.15, -0.1) is 0 Å². The second kappa shape index (κ2) is 11.7. The van der Waals surface area contributed by atoms with Gasteiger partial charge in [0.1, 0.15) is 11.9 Å². The summed E-state index contributed by atoms with van der Waals surface area (Å²) in [6.45, 7) is 7.60. The monoisotopic (exact) mass is 505 g/mol. The van der Waals surface area contributed by atoms with E-state index in [-0.39, 0.29) is 12.2 Å². The summed E-state index contributed by atoms with van der Waals surface area (Å²) in [4.78, 5) is 25.7. The summed E-state index contributed by atoms with van der Waals surface area (Å²) in [6, 6.07) is 17.6. The summed E-state index contributed by atoms with van der Waals surface area (Å²) in [5.41, 5.74) is 6.25. The molecule has 37 heavy (non-hydrogen) atoms. The highest BCUT2D eigenvalue weighted by Crippen LogP contribution is 2.36. The number of fused-ring (bicyclic) bond motifs is 2. The number of aryl methyl sites for hydroxylation is 2. The number of imidazole rings is 1. The van der Waals surface area contributed by atoms with Crippen LogP contribution in [0, 0.1) is 0 Å². The lowest BCUT2D eigenvalue weighted by Crippen LogP contribution is -2.35. The number of nitrogens with zero attached hydrogens (tertiary/aromatic N) is 3. The lowest BCUT2D eigenvalue weighted by atomic mass is 9.99. The predicted octanol–water partition coefficient (Wildman–Crippen LogP) is 4.59. The Morgan fingerprint density at radius 1 is 0.973 bits per heavy atom. The molecule has 0 aliphatic carbocycles. The summed E-state index contributed by atoms with van der Waals surface area (Å²) in [5.74, 6) is -2.06. The molecule has 1 atom stereocenters. The number of hydrogen-bond acceptors (Lipinski definition) is 5. The largest absolute Gasteiger partial charge is 0.473 e. The van der Waals surface area contributed by atoms with Crippen LogP contribution in [-0.2, 0) is 27.3 Å². The van der Waals surface area contributed by atoms with Gasteiger partial charge in [-0.1, -0.05) is 62.4 Å².